The van der Waals surface area contributed by atoms with Gasteiger partial charge in [0.15, 0.2) is 5.96 Å². The molecule has 0 aliphatic heterocycles. The highest BCUT2D eigenvalue weighted by Gasteiger charge is 2.08. The van der Waals surface area contributed by atoms with Gasteiger partial charge in [-0.15, -0.1) is 0 Å². The second kappa shape index (κ2) is 5.24. The summed E-state index contributed by atoms with van der Waals surface area (Å²) in [7, 11) is 1.64. The lowest BCUT2D eigenvalue weighted by molar-refractivity contribution is 0.111. The Morgan fingerprint density at radius 2 is 2.00 bits per heavy atom. The smallest absolute Gasteiger partial charge is 0.186 e. The van der Waals surface area contributed by atoms with Crippen LogP contribution in [0.2, 0.25) is 0 Å². The number of aliphatic imine (C=N–C) groups is 1. The van der Waals surface area contributed by atoms with Gasteiger partial charge in [-0.1, -0.05) is 30.3 Å². The zero-order valence-electron chi connectivity index (χ0n) is 8.18. The Labute approximate surface area is 83.6 Å². The summed E-state index contributed by atoms with van der Waals surface area (Å²) in [6.07, 6.45) is -0.0849. The quantitative estimate of drug-likeness (QED) is 0.544. The first-order valence-electron chi connectivity index (χ1n) is 4.37. The summed E-state index contributed by atoms with van der Waals surface area (Å²) in [6.45, 7) is 0.447. The summed E-state index contributed by atoms with van der Waals surface area (Å²) in [5.41, 5.74) is 11.6. The van der Waals surface area contributed by atoms with Crippen LogP contribution >= 0.6 is 0 Å². The molecule has 0 radical (unpaired) electrons. The maximum absolute atomic E-state index is 5.27. The Morgan fingerprint density at radius 3 is 2.50 bits per heavy atom. The van der Waals surface area contributed by atoms with E-state index < -0.39 is 0 Å². The Bertz CT molecular complexity index is 293. The Morgan fingerprint density at radius 1 is 1.36 bits per heavy atom. The molecular formula is C10H15N3O. The number of ether oxygens (including phenoxy) is 1. The molecule has 0 bridgehead atoms. The molecule has 14 heavy (non-hydrogen) atoms. The Balaban J connectivity index is 2.68. The lowest BCUT2D eigenvalue weighted by atomic mass is 10.1. The lowest BCUT2D eigenvalue weighted by Crippen LogP contribution is -2.24. The van der Waals surface area contributed by atoms with E-state index in [1.807, 2.05) is 30.3 Å². The third-order valence-corrected chi connectivity index (χ3v) is 1.90. The van der Waals surface area contributed by atoms with Crippen molar-refractivity contribution in [1.29, 1.82) is 0 Å². The van der Waals surface area contributed by atoms with Crippen LogP contribution in [0.5, 0.6) is 0 Å². The summed E-state index contributed by atoms with van der Waals surface area (Å²) in [4.78, 5) is 3.92. The summed E-state index contributed by atoms with van der Waals surface area (Å²) >= 11 is 0. The number of nitrogens with zero attached hydrogens (tertiary/aromatic N) is 1. The van der Waals surface area contributed by atoms with E-state index in [0.29, 0.717) is 6.54 Å². The van der Waals surface area contributed by atoms with Crippen LogP contribution in [0.15, 0.2) is 35.3 Å². The molecule has 0 aromatic heterocycles. The Hall–Kier alpha value is -1.55. The topological polar surface area (TPSA) is 73.6 Å². The molecule has 0 amide bonds. The second-order valence-electron chi connectivity index (χ2n) is 2.90. The van der Waals surface area contributed by atoms with Gasteiger partial charge in [0.05, 0.1) is 6.54 Å². The molecule has 0 aliphatic carbocycles. The molecule has 0 fully saturated rings. The monoisotopic (exact) mass is 193 g/mol. The first kappa shape index (κ1) is 10.5. The van der Waals surface area contributed by atoms with Crippen molar-refractivity contribution in [2.75, 3.05) is 13.7 Å². The van der Waals surface area contributed by atoms with Gasteiger partial charge in [0.1, 0.15) is 6.10 Å². The molecular weight excluding hydrogens is 178 g/mol. The molecule has 1 aromatic carbocycles. The van der Waals surface area contributed by atoms with Crippen molar-refractivity contribution < 1.29 is 4.74 Å². The molecule has 0 heterocycles. The summed E-state index contributed by atoms with van der Waals surface area (Å²) in [6, 6.07) is 9.83. The minimum Gasteiger partial charge on any atom is -0.375 e. The van der Waals surface area contributed by atoms with Crippen LogP contribution in [0.3, 0.4) is 0 Å². The highest BCUT2D eigenvalue weighted by atomic mass is 16.5. The molecule has 1 rings (SSSR count). The first-order valence-corrected chi connectivity index (χ1v) is 4.37. The minimum absolute atomic E-state index is 0.0849. The van der Waals surface area contributed by atoms with Crippen LogP contribution in [0.4, 0.5) is 0 Å². The number of methoxy groups -OCH3 is 1. The third kappa shape index (κ3) is 3.06. The molecule has 0 spiro atoms. The van der Waals surface area contributed by atoms with Crippen molar-refractivity contribution in [3.63, 3.8) is 0 Å². The number of rotatable bonds is 4. The van der Waals surface area contributed by atoms with Crippen molar-refractivity contribution in [3.05, 3.63) is 35.9 Å². The maximum atomic E-state index is 5.27. The van der Waals surface area contributed by atoms with E-state index in [0.717, 1.165) is 5.56 Å². The van der Waals surface area contributed by atoms with Crippen LogP contribution in [0.25, 0.3) is 0 Å². The van der Waals surface area contributed by atoms with Gasteiger partial charge in [0, 0.05) is 7.11 Å². The highest BCUT2D eigenvalue weighted by Crippen LogP contribution is 2.15. The number of hydrogen-bond donors (Lipinski definition) is 2. The normalized spacial score (nSPS) is 12.1. The zero-order valence-corrected chi connectivity index (χ0v) is 8.18. The van der Waals surface area contributed by atoms with Crippen molar-refractivity contribution in [1.82, 2.24) is 0 Å². The third-order valence-electron chi connectivity index (χ3n) is 1.90. The maximum Gasteiger partial charge on any atom is 0.186 e. The van der Waals surface area contributed by atoms with E-state index in [1.54, 1.807) is 7.11 Å². The highest BCUT2D eigenvalue weighted by molar-refractivity contribution is 5.75. The fraction of sp³-hybridized carbons (Fsp3) is 0.300. The molecule has 0 saturated carbocycles. The van der Waals surface area contributed by atoms with Crippen molar-refractivity contribution in [2.45, 2.75) is 6.10 Å². The average molecular weight is 193 g/mol. The van der Waals surface area contributed by atoms with Gasteiger partial charge >= 0.3 is 0 Å². The van der Waals surface area contributed by atoms with Gasteiger partial charge in [-0.05, 0) is 5.56 Å². The van der Waals surface area contributed by atoms with Crippen molar-refractivity contribution in [2.24, 2.45) is 16.5 Å². The SMILES string of the molecule is COC(CN=C(N)N)c1ccccc1. The molecule has 4 N–H and O–H groups in total. The van der Waals surface area contributed by atoms with E-state index in [9.17, 15) is 0 Å². The van der Waals surface area contributed by atoms with Gasteiger partial charge in [0.25, 0.3) is 0 Å². The molecule has 1 unspecified atom stereocenters. The molecule has 1 aromatic rings. The number of benzene rings is 1. The molecule has 76 valence electrons. The molecule has 1 atom stereocenters. The minimum atomic E-state index is -0.0849. The summed E-state index contributed by atoms with van der Waals surface area (Å²) < 4.78 is 5.27. The zero-order chi connectivity index (χ0) is 10.4. The summed E-state index contributed by atoms with van der Waals surface area (Å²) in [5, 5.41) is 0. The van der Waals surface area contributed by atoms with Crippen molar-refractivity contribution in [3.8, 4) is 0 Å². The van der Waals surface area contributed by atoms with Crippen molar-refractivity contribution >= 4 is 5.96 Å². The molecule has 4 heteroatoms. The molecule has 0 saturated heterocycles. The predicted molar refractivity (Wildman–Crippen MR) is 56.9 cm³/mol. The lowest BCUT2D eigenvalue weighted by Gasteiger charge is -2.12. The largest absolute Gasteiger partial charge is 0.375 e. The Kier molecular flexibility index (Phi) is 3.94. The first-order chi connectivity index (χ1) is 6.74. The predicted octanol–water partition coefficient (Wildman–Crippen LogP) is 0.648. The van der Waals surface area contributed by atoms with Crippen LogP contribution < -0.4 is 11.5 Å². The van der Waals surface area contributed by atoms with E-state index in [4.69, 9.17) is 16.2 Å². The van der Waals surface area contributed by atoms with Gasteiger partial charge in [-0.25, -0.2) is 0 Å². The summed E-state index contributed by atoms with van der Waals surface area (Å²) in [5.74, 6) is 0.0861. The van der Waals surface area contributed by atoms with E-state index in [-0.39, 0.29) is 12.1 Å². The fourth-order valence-electron chi connectivity index (χ4n) is 1.17. The van der Waals surface area contributed by atoms with E-state index in [1.165, 1.54) is 0 Å². The standard InChI is InChI=1S/C10H15N3O/c1-14-9(7-13-10(11)12)8-5-3-2-4-6-8/h2-6,9H,7H2,1H3,(H4,11,12,13). The number of nitrogens with two attached hydrogens (primary N) is 2. The fourth-order valence-corrected chi connectivity index (χ4v) is 1.17. The van der Waals surface area contributed by atoms with E-state index in [2.05, 4.69) is 4.99 Å². The number of hydrogen-bond acceptors (Lipinski definition) is 2. The van der Waals surface area contributed by atoms with Gasteiger partial charge in [-0.2, -0.15) is 0 Å². The van der Waals surface area contributed by atoms with Gasteiger partial charge < -0.3 is 16.2 Å². The second-order valence-corrected chi connectivity index (χ2v) is 2.90. The van der Waals surface area contributed by atoms with Gasteiger partial charge in [-0.3, -0.25) is 4.99 Å². The van der Waals surface area contributed by atoms with Crippen LogP contribution in [-0.2, 0) is 4.74 Å². The van der Waals surface area contributed by atoms with Crippen LogP contribution in [-0.4, -0.2) is 19.6 Å². The van der Waals surface area contributed by atoms with Crippen LogP contribution in [0, 0.1) is 0 Å². The molecule has 4 nitrogen and oxygen atoms in total. The van der Waals surface area contributed by atoms with E-state index >= 15 is 0 Å². The van der Waals surface area contributed by atoms with Crippen LogP contribution in [0.1, 0.15) is 11.7 Å². The molecule has 0 aliphatic rings. The van der Waals surface area contributed by atoms with Gasteiger partial charge in [0.2, 0.25) is 0 Å². The number of guanidine groups is 1. The average Bonchev–Trinajstić information content (AvgIpc) is 2.20.